The number of carbonyl (C=O) groups is 1. The molecule has 0 fully saturated rings. The summed E-state index contributed by atoms with van der Waals surface area (Å²) in [4.78, 5) is 13.2. The molecule has 1 rings (SSSR count). The highest BCUT2D eigenvalue weighted by molar-refractivity contribution is 7.09. The Labute approximate surface area is 108 Å². The number of thiophene rings is 1. The van der Waals surface area contributed by atoms with E-state index in [-0.39, 0.29) is 17.9 Å². The molecule has 0 aliphatic carbocycles. The highest BCUT2D eigenvalue weighted by atomic mass is 32.1. The van der Waals surface area contributed by atoms with Crippen LogP contribution in [0.1, 0.15) is 25.6 Å². The molecular formula is C13H22N2OS. The van der Waals surface area contributed by atoms with Crippen molar-refractivity contribution in [1.29, 1.82) is 0 Å². The number of amides is 1. The highest BCUT2D eigenvalue weighted by Crippen LogP contribution is 2.11. The van der Waals surface area contributed by atoms with Crippen molar-refractivity contribution in [3.8, 4) is 0 Å². The molecule has 2 unspecified atom stereocenters. The SMILES string of the molecule is CCNCC(C)C(=O)NC(C)Cc1cccs1. The number of nitrogens with one attached hydrogen (secondary N) is 2. The van der Waals surface area contributed by atoms with Crippen LogP contribution < -0.4 is 10.6 Å². The molecule has 0 saturated carbocycles. The smallest absolute Gasteiger partial charge is 0.224 e. The zero-order valence-electron chi connectivity index (χ0n) is 10.8. The average molecular weight is 254 g/mol. The van der Waals surface area contributed by atoms with E-state index in [1.54, 1.807) is 11.3 Å². The predicted molar refractivity (Wildman–Crippen MR) is 73.3 cm³/mol. The molecule has 3 nitrogen and oxygen atoms in total. The Hall–Kier alpha value is -0.870. The van der Waals surface area contributed by atoms with Gasteiger partial charge in [-0.15, -0.1) is 11.3 Å². The molecule has 17 heavy (non-hydrogen) atoms. The van der Waals surface area contributed by atoms with Gasteiger partial charge in [0.05, 0.1) is 0 Å². The Morgan fingerprint density at radius 2 is 2.24 bits per heavy atom. The van der Waals surface area contributed by atoms with Gasteiger partial charge in [-0.25, -0.2) is 0 Å². The van der Waals surface area contributed by atoms with Crippen molar-refractivity contribution in [3.63, 3.8) is 0 Å². The molecule has 0 bridgehead atoms. The second kappa shape index (κ2) is 7.45. The lowest BCUT2D eigenvalue weighted by Gasteiger charge is -2.17. The van der Waals surface area contributed by atoms with E-state index in [0.29, 0.717) is 0 Å². The van der Waals surface area contributed by atoms with Gasteiger partial charge in [-0.1, -0.05) is 19.9 Å². The van der Waals surface area contributed by atoms with E-state index < -0.39 is 0 Å². The first-order valence-corrected chi connectivity index (χ1v) is 7.05. The summed E-state index contributed by atoms with van der Waals surface area (Å²) in [5.74, 6) is 0.163. The maximum atomic E-state index is 11.8. The molecular weight excluding hydrogens is 232 g/mol. The standard InChI is InChI=1S/C13H22N2OS/c1-4-14-9-10(2)13(16)15-11(3)8-12-6-5-7-17-12/h5-7,10-11,14H,4,8-9H2,1-3H3,(H,15,16). The van der Waals surface area contributed by atoms with Crippen molar-refractivity contribution < 1.29 is 4.79 Å². The van der Waals surface area contributed by atoms with Crippen LogP contribution in [0.25, 0.3) is 0 Å². The van der Waals surface area contributed by atoms with Crippen LogP contribution in [0.15, 0.2) is 17.5 Å². The third kappa shape index (κ3) is 5.33. The molecule has 96 valence electrons. The monoisotopic (exact) mass is 254 g/mol. The fourth-order valence-corrected chi connectivity index (χ4v) is 2.46. The van der Waals surface area contributed by atoms with E-state index >= 15 is 0 Å². The minimum atomic E-state index is 0.0285. The molecule has 0 aliphatic rings. The summed E-state index contributed by atoms with van der Waals surface area (Å²) in [6, 6.07) is 4.35. The minimum absolute atomic E-state index is 0.0285. The van der Waals surface area contributed by atoms with Crippen LogP contribution in [-0.4, -0.2) is 25.0 Å². The third-order valence-electron chi connectivity index (χ3n) is 2.62. The summed E-state index contributed by atoms with van der Waals surface area (Å²) in [5.41, 5.74) is 0. The molecule has 0 spiro atoms. The van der Waals surface area contributed by atoms with Crippen LogP contribution in [0.4, 0.5) is 0 Å². The van der Waals surface area contributed by atoms with Gasteiger partial charge in [0.25, 0.3) is 0 Å². The summed E-state index contributed by atoms with van der Waals surface area (Å²) >= 11 is 1.74. The Morgan fingerprint density at radius 3 is 2.82 bits per heavy atom. The van der Waals surface area contributed by atoms with Gasteiger partial charge in [0.15, 0.2) is 0 Å². The molecule has 2 N–H and O–H groups in total. The lowest BCUT2D eigenvalue weighted by atomic mass is 10.1. The van der Waals surface area contributed by atoms with E-state index in [2.05, 4.69) is 29.0 Å². The summed E-state index contributed by atoms with van der Waals surface area (Å²) in [5, 5.41) is 8.31. The van der Waals surface area contributed by atoms with E-state index in [1.165, 1.54) is 4.88 Å². The zero-order chi connectivity index (χ0) is 12.7. The van der Waals surface area contributed by atoms with Crippen LogP contribution in [0.3, 0.4) is 0 Å². The van der Waals surface area contributed by atoms with Gasteiger partial charge in [0, 0.05) is 29.8 Å². The first kappa shape index (κ1) is 14.2. The number of carbonyl (C=O) groups excluding carboxylic acids is 1. The van der Waals surface area contributed by atoms with Gasteiger partial charge < -0.3 is 10.6 Å². The first-order valence-electron chi connectivity index (χ1n) is 6.17. The number of hydrogen-bond acceptors (Lipinski definition) is 3. The van der Waals surface area contributed by atoms with E-state index in [0.717, 1.165) is 19.5 Å². The lowest BCUT2D eigenvalue weighted by Crippen LogP contribution is -2.40. The molecule has 1 amide bonds. The molecule has 1 aromatic rings. The lowest BCUT2D eigenvalue weighted by molar-refractivity contribution is -0.124. The second-order valence-corrected chi connectivity index (χ2v) is 5.43. The Morgan fingerprint density at radius 1 is 1.47 bits per heavy atom. The maximum Gasteiger partial charge on any atom is 0.224 e. The predicted octanol–water partition coefficient (Wildman–Crippen LogP) is 2.04. The average Bonchev–Trinajstić information content (AvgIpc) is 2.78. The molecule has 1 aromatic heterocycles. The Kier molecular flexibility index (Phi) is 6.22. The van der Waals surface area contributed by atoms with Crippen LogP contribution in [0.5, 0.6) is 0 Å². The topological polar surface area (TPSA) is 41.1 Å². The van der Waals surface area contributed by atoms with E-state index in [4.69, 9.17) is 0 Å². The second-order valence-electron chi connectivity index (χ2n) is 4.40. The number of rotatable bonds is 7. The third-order valence-corrected chi connectivity index (χ3v) is 3.52. The first-order chi connectivity index (χ1) is 8.13. The van der Waals surface area contributed by atoms with Crippen molar-refractivity contribution in [2.45, 2.75) is 33.2 Å². The van der Waals surface area contributed by atoms with Crippen LogP contribution in [-0.2, 0) is 11.2 Å². The Balaban J connectivity index is 2.30. The maximum absolute atomic E-state index is 11.8. The fourth-order valence-electron chi connectivity index (χ4n) is 1.62. The quantitative estimate of drug-likeness (QED) is 0.782. The summed E-state index contributed by atoms with van der Waals surface area (Å²) in [6.07, 6.45) is 0.914. The van der Waals surface area contributed by atoms with Gasteiger partial charge in [-0.2, -0.15) is 0 Å². The van der Waals surface area contributed by atoms with Gasteiger partial charge in [0.1, 0.15) is 0 Å². The van der Waals surface area contributed by atoms with Crippen LogP contribution >= 0.6 is 11.3 Å². The van der Waals surface area contributed by atoms with Crippen molar-refractivity contribution in [3.05, 3.63) is 22.4 Å². The van der Waals surface area contributed by atoms with E-state index in [1.807, 2.05) is 19.9 Å². The van der Waals surface area contributed by atoms with Gasteiger partial charge in [-0.3, -0.25) is 4.79 Å². The molecule has 0 aliphatic heterocycles. The van der Waals surface area contributed by atoms with Crippen LogP contribution in [0, 0.1) is 5.92 Å². The minimum Gasteiger partial charge on any atom is -0.353 e. The highest BCUT2D eigenvalue weighted by Gasteiger charge is 2.14. The molecule has 0 saturated heterocycles. The largest absolute Gasteiger partial charge is 0.353 e. The fraction of sp³-hybridized carbons (Fsp3) is 0.615. The molecule has 0 aromatic carbocycles. The summed E-state index contributed by atoms with van der Waals surface area (Å²) < 4.78 is 0. The molecule has 4 heteroatoms. The molecule has 1 heterocycles. The Bertz CT molecular complexity index is 324. The molecule has 0 radical (unpaired) electrons. The normalized spacial score (nSPS) is 14.3. The van der Waals surface area contributed by atoms with Gasteiger partial charge >= 0.3 is 0 Å². The number of hydrogen-bond donors (Lipinski definition) is 2. The van der Waals surface area contributed by atoms with Crippen molar-refractivity contribution >= 4 is 17.2 Å². The summed E-state index contributed by atoms with van der Waals surface area (Å²) in [7, 11) is 0. The summed E-state index contributed by atoms with van der Waals surface area (Å²) in [6.45, 7) is 7.70. The van der Waals surface area contributed by atoms with Crippen molar-refractivity contribution in [2.75, 3.05) is 13.1 Å². The zero-order valence-corrected chi connectivity index (χ0v) is 11.6. The van der Waals surface area contributed by atoms with Crippen LogP contribution in [0.2, 0.25) is 0 Å². The van der Waals surface area contributed by atoms with Gasteiger partial charge in [-0.05, 0) is 24.9 Å². The van der Waals surface area contributed by atoms with Gasteiger partial charge in [0.2, 0.25) is 5.91 Å². The van der Waals surface area contributed by atoms with Crippen molar-refractivity contribution in [1.82, 2.24) is 10.6 Å². The van der Waals surface area contributed by atoms with E-state index in [9.17, 15) is 4.79 Å². The van der Waals surface area contributed by atoms with Crippen molar-refractivity contribution in [2.24, 2.45) is 5.92 Å². The molecule has 2 atom stereocenters.